The SMILES string of the molecule is C=C(CNNC)c1ccc(F)cc1. The average molecular weight is 180 g/mol. The van der Waals surface area contributed by atoms with E-state index in [9.17, 15) is 4.39 Å². The number of rotatable bonds is 4. The van der Waals surface area contributed by atoms with Gasteiger partial charge < -0.3 is 0 Å². The zero-order valence-electron chi connectivity index (χ0n) is 7.60. The van der Waals surface area contributed by atoms with E-state index in [1.54, 1.807) is 19.2 Å². The van der Waals surface area contributed by atoms with Crippen molar-refractivity contribution in [3.63, 3.8) is 0 Å². The van der Waals surface area contributed by atoms with E-state index < -0.39 is 0 Å². The van der Waals surface area contributed by atoms with Gasteiger partial charge in [-0.3, -0.25) is 10.9 Å². The molecule has 0 atom stereocenters. The van der Waals surface area contributed by atoms with Crippen molar-refractivity contribution in [2.45, 2.75) is 0 Å². The van der Waals surface area contributed by atoms with E-state index in [1.165, 1.54) is 12.1 Å². The molecule has 2 N–H and O–H groups in total. The minimum Gasteiger partial charge on any atom is -0.261 e. The summed E-state index contributed by atoms with van der Waals surface area (Å²) in [6.45, 7) is 4.51. The first-order chi connectivity index (χ1) is 6.24. The molecular weight excluding hydrogens is 167 g/mol. The summed E-state index contributed by atoms with van der Waals surface area (Å²) >= 11 is 0. The molecule has 3 heteroatoms. The highest BCUT2D eigenvalue weighted by Gasteiger charge is 1.97. The highest BCUT2D eigenvalue weighted by molar-refractivity contribution is 5.64. The standard InChI is InChI=1S/C10H13FN2/c1-8(7-13-12-2)9-3-5-10(11)6-4-9/h3-6,12-13H,1,7H2,2H3. The molecule has 0 saturated heterocycles. The van der Waals surface area contributed by atoms with Crippen LogP contribution in [0.15, 0.2) is 30.8 Å². The lowest BCUT2D eigenvalue weighted by molar-refractivity contribution is 0.627. The predicted molar refractivity (Wildman–Crippen MR) is 52.5 cm³/mol. The van der Waals surface area contributed by atoms with Crippen LogP contribution in [0.2, 0.25) is 0 Å². The van der Waals surface area contributed by atoms with Crippen molar-refractivity contribution < 1.29 is 4.39 Å². The number of halogens is 1. The van der Waals surface area contributed by atoms with Gasteiger partial charge in [-0.2, -0.15) is 0 Å². The Labute approximate surface area is 77.4 Å². The Morgan fingerprint density at radius 1 is 1.38 bits per heavy atom. The van der Waals surface area contributed by atoms with Gasteiger partial charge in [0.25, 0.3) is 0 Å². The molecule has 1 rings (SSSR count). The molecule has 0 bridgehead atoms. The van der Waals surface area contributed by atoms with Crippen LogP contribution in [-0.4, -0.2) is 13.6 Å². The summed E-state index contributed by atoms with van der Waals surface area (Å²) in [6.07, 6.45) is 0. The molecule has 0 fully saturated rings. The Morgan fingerprint density at radius 3 is 2.54 bits per heavy atom. The molecule has 0 aliphatic heterocycles. The minimum atomic E-state index is -0.224. The lowest BCUT2D eigenvalue weighted by Crippen LogP contribution is -2.28. The summed E-state index contributed by atoms with van der Waals surface area (Å²) in [7, 11) is 1.79. The second-order valence-corrected chi connectivity index (χ2v) is 2.71. The molecule has 0 amide bonds. The maximum atomic E-state index is 12.5. The van der Waals surface area contributed by atoms with E-state index in [4.69, 9.17) is 0 Å². The summed E-state index contributed by atoms with van der Waals surface area (Å²) in [6, 6.07) is 6.30. The summed E-state index contributed by atoms with van der Waals surface area (Å²) in [5.41, 5.74) is 7.59. The molecule has 0 aliphatic carbocycles. The fourth-order valence-electron chi connectivity index (χ4n) is 0.983. The summed E-state index contributed by atoms with van der Waals surface area (Å²) in [4.78, 5) is 0. The second kappa shape index (κ2) is 4.74. The largest absolute Gasteiger partial charge is 0.261 e. The monoisotopic (exact) mass is 180 g/mol. The molecule has 0 aliphatic rings. The first kappa shape index (κ1) is 9.89. The zero-order valence-corrected chi connectivity index (χ0v) is 7.60. The molecular formula is C10H13FN2. The van der Waals surface area contributed by atoms with Crippen molar-refractivity contribution >= 4 is 5.57 Å². The predicted octanol–water partition coefficient (Wildman–Crippen LogP) is 1.56. The van der Waals surface area contributed by atoms with Crippen molar-refractivity contribution in [3.05, 3.63) is 42.2 Å². The Balaban J connectivity index is 2.61. The van der Waals surface area contributed by atoms with Crippen LogP contribution in [0.3, 0.4) is 0 Å². The number of nitrogens with one attached hydrogen (secondary N) is 2. The Hall–Kier alpha value is -1.19. The van der Waals surface area contributed by atoms with Crippen molar-refractivity contribution in [2.24, 2.45) is 0 Å². The first-order valence-corrected chi connectivity index (χ1v) is 4.07. The Bertz CT molecular complexity index is 279. The molecule has 0 radical (unpaired) electrons. The lowest BCUT2D eigenvalue weighted by atomic mass is 10.1. The molecule has 13 heavy (non-hydrogen) atoms. The average Bonchev–Trinajstić information content (AvgIpc) is 2.15. The lowest BCUT2D eigenvalue weighted by Gasteiger charge is -2.06. The van der Waals surface area contributed by atoms with Gasteiger partial charge >= 0.3 is 0 Å². The van der Waals surface area contributed by atoms with Crippen LogP contribution in [-0.2, 0) is 0 Å². The number of hydrogen-bond donors (Lipinski definition) is 2. The highest BCUT2D eigenvalue weighted by Crippen LogP contribution is 2.11. The third-order valence-electron chi connectivity index (χ3n) is 1.73. The number of hydrogen-bond acceptors (Lipinski definition) is 2. The van der Waals surface area contributed by atoms with Crippen LogP contribution < -0.4 is 10.9 Å². The fourth-order valence-corrected chi connectivity index (χ4v) is 0.983. The summed E-state index contributed by atoms with van der Waals surface area (Å²) in [5, 5.41) is 0. The zero-order chi connectivity index (χ0) is 9.68. The number of hydrazine groups is 1. The molecule has 0 heterocycles. The number of benzene rings is 1. The van der Waals surface area contributed by atoms with Crippen LogP contribution in [0.1, 0.15) is 5.56 Å². The van der Waals surface area contributed by atoms with E-state index in [0.717, 1.165) is 11.1 Å². The van der Waals surface area contributed by atoms with Crippen molar-refractivity contribution in [1.82, 2.24) is 10.9 Å². The van der Waals surface area contributed by atoms with Gasteiger partial charge in [0.15, 0.2) is 0 Å². The van der Waals surface area contributed by atoms with Gasteiger partial charge in [-0.1, -0.05) is 18.7 Å². The molecule has 70 valence electrons. The van der Waals surface area contributed by atoms with E-state index in [2.05, 4.69) is 17.4 Å². The fraction of sp³-hybridized carbons (Fsp3) is 0.200. The third kappa shape index (κ3) is 2.97. The topological polar surface area (TPSA) is 24.1 Å². The molecule has 0 saturated carbocycles. The van der Waals surface area contributed by atoms with Gasteiger partial charge in [-0.05, 0) is 30.3 Å². The third-order valence-corrected chi connectivity index (χ3v) is 1.73. The van der Waals surface area contributed by atoms with Gasteiger partial charge in [0.2, 0.25) is 0 Å². The summed E-state index contributed by atoms with van der Waals surface area (Å²) < 4.78 is 12.5. The smallest absolute Gasteiger partial charge is 0.123 e. The van der Waals surface area contributed by atoms with Crippen molar-refractivity contribution in [3.8, 4) is 0 Å². The van der Waals surface area contributed by atoms with Gasteiger partial charge in [0.1, 0.15) is 5.82 Å². The quantitative estimate of drug-likeness (QED) is 0.687. The van der Waals surface area contributed by atoms with Crippen molar-refractivity contribution in [2.75, 3.05) is 13.6 Å². The molecule has 2 nitrogen and oxygen atoms in total. The van der Waals surface area contributed by atoms with Crippen LogP contribution in [0.4, 0.5) is 4.39 Å². The molecule has 1 aromatic carbocycles. The van der Waals surface area contributed by atoms with Gasteiger partial charge in [-0.15, -0.1) is 0 Å². The normalized spacial score (nSPS) is 10.0. The van der Waals surface area contributed by atoms with E-state index in [0.29, 0.717) is 6.54 Å². The van der Waals surface area contributed by atoms with Crippen LogP contribution in [0, 0.1) is 5.82 Å². The molecule has 0 unspecified atom stereocenters. The van der Waals surface area contributed by atoms with Crippen molar-refractivity contribution in [1.29, 1.82) is 0 Å². The summed E-state index contributed by atoms with van der Waals surface area (Å²) in [5.74, 6) is -0.224. The Kier molecular flexibility index (Phi) is 3.61. The van der Waals surface area contributed by atoms with Crippen LogP contribution in [0.25, 0.3) is 5.57 Å². The van der Waals surface area contributed by atoms with Crippen LogP contribution in [0.5, 0.6) is 0 Å². The van der Waals surface area contributed by atoms with E-state index >= 15 is 0 Å². The first-order valence-electron chi connectivity index (χ1n) is 4.07. The second-order valence-electron chi connectivity index (χ2n) is 2.71. The van der Waals surface area contributed by atoms with Gasteiger partial charge in [0, 0.05) is 6.54 Å². The molecule has 0 aromatic heterocycles. The van der Waals surface area contributed by atoms with Gasteiger partial charge in [-0.25, -0.2) is 4.39 Å². The maximum Gasteiger partial charge on any atom is 0.123 e. The minimum absolute atomic E-state index is 0.224. The van der Waals surface area contributed by atoms with Gasteiger partial charge in [0.05, 0.1) is 0 Å². The van der Waals surface area contributed by atoms with Crippen LogP contribution >= 0.6 is 0 Å². The Morgan fingerprint density at radius 2 is 2.00 bits per heavy atom. The van der Waals surface area contributed by atoms with E-state index in [1.807, 2.05) is 0 Å². The molecule has 1 aromatic rings. The maximum absolute atomic E-state index is 12.5. The highest BCUT2D eigenvalue weighted by atomic mass is 19.1. The van der Waals surface area contributed by atoms with E-state index in [-0.39, 0.29) is 5.82 Å². The molecule has 0 spiro atoms.